The van der Waals surface area contributed by atoms with E-state index in [4.69, 9.17) is 49.8 Å². The predicted octanol–water partition coefficient (Wildman–Crippen LogP) is 15.5. The van der Waals surface area contributed by atoms with Crippen molar-refractivity contribution in [3.8, 4) is 0 Å². The Balaban J connectivity index is 0.000000838. The lowest BCUT2D eigenvalue weighted by Crippen LogP contribution is -2.38. The number of aliphatic carboxylic acids is 4. The normalized spacial score (nSPS) is 25.5. The molecule has 810 valence electrons. The summed E-state index contributed by atoms with van der Waals surface area (Å²) >= 11 is 10.9. The molecule has 0 aromatic heterocycles. The number of carboxylic acids is 4. The van der Waals surface area contributed by atoms with Crippen LogP contribution in [0.4, 0.5) is 17.1 Å². The molecule has 5 aliphatic heterocycles. The molecule has 3 aromatic carbocycles. The zero-order valence-electron chi connectivity index (χ0n) is 94.7. The molecule has 6 aliphatic carbocycles. The van der Waals surface area contributed by atoms with Gasteiger partial charge in [0.15, 0.2) is 19.6 Å². The van der Waals surface area contributed by atoms with Gasteiger partial charge in [0.2, 0.25) is 4.29 Å². The maximum absolute atomic E-state index is 12.9. The number of hydrogen-bond donors (Lipinski definition) is 18. The van der Waals surface area contributed by atoms with Crippen molar-refractivity contribution in [1.29, 1.82) is 8.30 Å². The van der Waals surface area contributed by atoms with Crippen molar-refractivity contribution < 1.29 is 109 Å². The Hall–Kier alpha value is -9.02. The zero-order valence-corrected chi connectivity index (χ0v) is 91.3. The van der Waals surface area contributed by atoms with Crippen LogP contribution in [0.1, 0.15) is 274 Å². The number of nitro groups is 2. The molecular formula is C107H171B3N8O24S3. The standard InChI is InChI=1S/2C16H20N2O4.C16H22N2O2.C8H12O2.2C8H14O.C8H14.C7H13NO.C6H10O3.C6H8O3.C5H9NO3.3CH5BS/c2*1-4-12-7-13(9-19)17(8-12)16(20)14-5-10(2)11(3)6-15(14)18(21)22;1-4-12-7-13(9-19)18(8-12)16(20)14-5-10(2)11(3)6-15(14)17;1-2-6-3-4-7(5-6)8(9)10;2*1-2-7-3-4-8(5-7)6-9;1-3-8-5-4-7(2)6-8;1-2-6-3-7(5-9)8-4-6;2*7-5-2-1-4(3-5)6(8)9;7-3-1-4(5(8)9)6-2-3;3*1-2-3/h2*4-6,13,19H,7-9H2,1-3H3;4-6,13,19H,7-9,17H2,1-3H3;2,7H,3-5H2,1H3,(H,9,10);2*2,8-9H,3-6H2,1H3;3,7H,4-6H2,1-2H3;2,7-9H,3-5H2,1H3;4-5,7H,1-3H2,(H,8,9);4H,1-3H2,(H,8,9);3-4,6-7H,1-2H2,(H,8,9);3*2-3H,1H3/t3*13-;7-;2*8-;2*7-;4-,5-;4-;3-,4+;;;/m00000000001.../s1/i19T;;;;9T;;;9T;;;;3*2D. The number of Topliss-reactive ketones (excluding diaryl/α,β-unsaturated/α-hetero) is 1. The van der Waals surface area contributed by atoms with Crippen LogP contribution in [-0.4, -0.2) is 276 Å². The van der Waals surface area contributed by atoms with Gasteiger partial charge in [0.05, 0.1) is 89.9 Å². The number of nitrogens with zero attached hydrogens (tertiary/aromatic N) is 5. The summed E-state index contributed by atoms with van der Waals surface area (Å²) in [6.45, 7) is 38.1. The number of carbonyl (C=O) groups excluding carboxylic acids is 4. The lowest BCUT2D eigenvalue weighted by molar-refractivity contribution is -0.385. The number of aryl methyl sites for hydroxylation is 6. The Kier molecular flexibility index (Phi) is 62.0. The summed E-state index contributed by atoms with van der Waals surface area (Å²) in [5.41, 5.74) is 22.9. The number of ketones is 1. The quantitative estimate of drug-likeness (QED) is 0.0140. The van der Waals surface area contributed by atoms with E-state index in [1.807, 2.05) is 98.8 Å². The monoisotopic (exact) mass is 2090 g/mol. The van der Waals surface area contributed by atoms with Crippen LogP contribution in [0, 0.1) is 97.3 Å². The second-order valence-corrected chi connectivity index (χ2v) is 39.4. The molecule has 11 fully saturated rings. The Bertz CT molecular complexity index is 4980. The number of nitro benzene ring substituents is 2. The van der Waals surface area contributed by atoms with Gasteiger partial charge in [0, 0.05) is 89.1 Å². The molecule has 38 heteroatoms. The number of aliphatic hydroxyl groups excluding tert-OH is 8. The second kappa shape index (κ2) is 73.2. The van der Waals surface area contributed by atoms with E-state index in [0.29, 0.717) is 126 Å². The smallest absolute Gasteiger partial charge is 0.320 e. The van der Waals surface area contributed by atoms with E-state index < -0.39 is 63.6 Å². The largest absolute Gasteiger partial charge is 0.481 e. The maximum Gasteiger partial charge on any atom is 0.320 e. The van der Waals surface area contributed by atoms with Gasteiger partial charge >= 0.3 is 23.9 Å². The second-order valence-electron chi connectivity index (χ2n) is 37.8. The third-order valence-corrected chi connectivity index (χ3v) is 27.2. The van der Waals surface area contributed by atoms with Gasteiger partial charge < -0.3 is 92.4 Å². The highest BCUT2D eigenvalue weighted by Crippen LogP contribution is 2.37. The van der Waals surface area contributed by atoms with Crippen molar-refractivity contribution in [3.63, 3.8) is 0 Å². The highest BCUT2D eigenvalue weighted by molar-refractivity contribution is 8.07. The number of carbonyl (C=O) groups is 8. The van der Waals surface area contributed by atoms with Crippen molar-refractivity contribution in [2.45, 2.75) is 314 Å². The van der Waals surface area contributed by atoms with Crippen LogP contribution in [0.3, 0.4) is 0 Å². The molecule has 3 amide bonds. The number of likely N-dealkylation sites (tertiary alicyclic amines) is 3. The average molecular weight is 2090 g/mol. The van der Waals surface area contributed by atoms with E-state index in [0.717, 1.165) is 102 Å². The fourth-order valence-electron chi connectivity index (χ4n) is 17.7. The molecule has 0 bridgehead atoms. The third kappa shape index (κ3) is 48.0. The first kappa shape index (κ1) is 123. The molecule has 145 heavy (non-hydrogen) atoms. The zero-order chi connectivity index (χ0) is 115. The minimum Gasteiger partial charge on any atom is -0.481 e. The van der Waals surface area contributed by atoms with Gasteiger partial charge in [-0.2, -0.15) is 0 Å². The first-order valence-corrected chi connectivity index (χ1v) is 51.8. The molecule has 11 aliphatic rings. The van der Waals surface area contributed by atoms with Crippen LogP contribution in [0.5, 0.6) is 0 Å². The van der Waals surface area contributed by atoms with Crippen molar-refractivity contribution in [2.24, 2.45) is 35.5 Å². The average Bonchev–Trinajstić information content (AvgIpc) is 1.78. The van der Waals surface area contributed by atoms with Crippen molar-refractivity contribution >= 4 is 121 Å². The van der Waals surface area contributed by atoms with Crippen LogP contribution >= 0.6 is 37.4 Å². The fourth-order valence-corrected chi connectivity index (χ4v) is 17.7. The topological polar surface area (TPSA) is 525 Å². The van der Waals surface area contributed by atoms with Crippen molar-refractivity contribution in [1.82, 2.24) is 25.3 Å². The maximum atomic E-state index is 12.9. The van der Waals surface area contributed by atoms with Crippen LogP contribution in [0.15, 0.2) is 130 Å². The first-order valence-electron chi connectivity index (χ1n) is 53.2. The number of nitrogen functional groups attached to an aromatic ring is 1. The molecule has 3 aromatic rings. The predicted molar refractivity (Wildman–Crippen MR) is 592 cm³/mol. The summed E-state index contributed by atoms with van der Waals surface area (Å²) in [6.07, 6.45) is 35.9. The lowest BCUT2D eigenvalue weighted by atomic mass is 10.0. The Morgan fingerprint density at radius 3 is 1.10 bits per heavy atom. The summed E-state index contributed by atoms with van der Waals surface area (Å²) in [5, 5.41) is 121. The van der Waals surface area contributed by atoms with Gasteiger partial charge in [-0.15, -0.1) is 0 Å². The number of amides is 3. The van der Waals surface area contributed by atoms with E-state index in [-0.39, 0.29) is 116 Å². The van der Waals surface area contributed by atoms with Gasteiger partial charge in [-0.3, -0.25) is 58.6 Å². The molecular weight excluding hydrogens is 1910 g/mol. The van der Waals surface area contributed by atoms with Crippen LogP contribution < -0.4 is 16.4 Å². The molecule has 5 saturated heterocycles. The number of carboxylic acid groups (broad SMARTS) is 4. The molecule has 14 rings (SSSR count). The van der Waals surface area contributed by atoms with Crippen LogP contribution in [-0.2, 0) is 24.0 Å². The van der Waals surface area contributed by atoms with E-state index in [1.165, 1.54) is 89.8 Å². The third-order valence-electron chi connectivity index (χ3n) is 27.2. The number of nitrogens with one attached hydrogen (secondary N) is 2. The summed E-state index contributed by atoms with van der Waals surface area (Å²) in [6, 6.07) is 8.78. The molecule has 0 radical (unpaired) electrons. The fraction of sp³-hybridized carbons (Fsp3) is 0.607. The number of rotatable bonds is 18. The first-order chi connectivity index (χ1) is 71.2. The van der Waals surface area contributed by atoms with Crippen molar-refractivity contribution in [3.05, 3.63) is 200 Å². The van der Waals surface area contributed by atoms with Gasteiger partial charge in [-0.1, -0.05) is 121 Å². The minimum atomic E-state index is -0.883. The van der Waals surface area contributed by atoms with Gasteiger partial charge in [0.1, 0.15) is 23.0 Å². The van der Waals surface area contributed by atoms with Crippen LogP contribution in [0.2, 0.25) is 20.5 Å². The van der Waals surface area contributed by atoms with Gasteiger partial charge in [-0.25, -0.2) is 37.4 Å². The number of thiol groups is 3. The van der Waals surface area contributed by atoms with E-state index in [1.54, 1.807) is 61.8 Å². The Morgan fingerprint density at radius 2 is 0.807 bits per heavy atom. The Morgan fingerprint density at radius 1 is 0.441 bits per heavy atom. The molecule has 0 spiro atoms. The lowest BCUT2D eigenvalue weighted by Gasteiger charge is -2.23. The van der Waals surface area contributed by atoms with E-state index in [2.05, 4.69) is 115 Å². The molecule has 32 nitrogen and oxygen atoms in total. The van der Waals surface area contributed by atoms with Gasteiger partial charge in [0.25, 0.3) is 29.1 Å². The minimum absolute atomic E-state index is 0.0200. The number of anilines is 1. The number of β-amino-alcohol motifs (C(OH)–C–C–N with tert-alkyl or cyclic N) is 1. The van der Waals surface area contributed by atoms with Gasteiger partial charge in [-0.05, 0) is 305 Å². The summed E-state index contributed by atoms with van der Waals surface area (Å²) in [5.74, 6) is -2.58. The number of benzene rings is 3. The molecule has 13 atom stereocenters. The molecule has 16 N–H and O–H groups in total. The van der Waals surface area contributed by atoms with E-state index in [9.17, 15) is 68.8 Å². The summed E-state index contributed by atoms with van der Waals surface area (Å²) in [7, 11) is 0. The molecule has 5 heterocycles. The Labute approximate surface area is 887 Å². The SMILES string of the molecule is CC=C1CC[C@H](C(=O)O)C1.CC=C1CC[C@H](C)C1.CC=C1CC[C@H](CO)C1.CC=C1C[C@@H](CO)N(C(=O)c2cc(C)c(C)cc2N)C1.CC=C1C[C@@H](CO)N(C(=O)c2cc(C)c(C)cc2[N+](=O)[O-])C1.O=C(O)[C@@H]1C[C@@H](O)CN1.O=C(O)[C@H]1CC[C@H](O)C1.O=C1CC[C@H](C(=O)O)C1.[2H]B(C)S.[2H]B(C)S.[2H]B(C)S.[3H]OC[C@@H]1CC(=CC)CN1.[3H]OC[C@@H]1CC(=CC)CN1C(=O)c1cc(C)c(C)cc1[N+](=O)[O-].[3H]OC[C@H]1CCC(=CC)C1. The summed E-state index contributed by atoms with van der Waals surface area (Å²) < 4.78 is 39.4. The summed E-state index contributed by atoms with van der Waals surface area (Å²) in [4.78, 5) is 116. The molecule has 0 unspecified atom stereocenters. The molecule has 6 saturated carbocycles. The van der Waals surface area contributed by atoms with E-state index >= 15 is 0 Å². The highest BCUT2D eigenvalue weighted by atomic mass is 32.1. The number of allylic oxidation sites excluding steroid dienone is 12. The number of aliphatic hydroxyl groups is 8. The van der Waals surface area contributed by atoms with Crippen molar-refractivity contribution in [2.75, 3.05) is 78.1 Å². The highest BCUT2D eigenvalue weighted by Gasteiger charge is 2.39. The van der Waals surface area contributed by atoms with Crippen LogP contribution in [0.25, 0.3) is 0 Å². The number of nitrogens with two attached hydrogens (primary N) is 1. The number of hydrogen-bond acceptors (Lipinski definition) is 26.